The van der Waals surface area contributed by atoms with Gasteiger partial charge in [-0.15, -0.1) is 0 Å². The summed E-state index contributed by atoms with van der Waals surface area (Å²) in [5.74, 6) is -1.90. The molecule has 0 unspecified atom stereocenters. The summed E-state index contributed by atoms with van der Waals surface area (Å²) in [5, 5.41) is 12.2. The Morgan fingerprint density at radius 3 is 2.15 bits per heavy atom. The lowest BCUT2D eigenvalue weighted by atomic mass is 10.1. The first kappa shape index (κ1) is 24.2. The number of rotatable bonds is 8. The van der Waals surface area contributed by atoms with Crippen molar-refractivity contribution in [3.05, 3.63) is 59.4 Å². The minimum Gasteiger partial charge on any atom is -0.478 e. The van der Waals surface area contributed by atoms with Crippen LogP contribution in [0.5, 0.6) is 0 Å². The lowest BCUT2D eigenvalue weighted by Gasteiger charge is -2.37. The Labute approximate surface area is 192 Å². The van der Waals surface area contributed by atoms with Gasteiger partial charge in [-0.05, 0) is 56.3 Å². The Hall–Kier alpha value is -3.46. The van der Waals surface area contributed by atoms with Crippen molar-refractivity contribution >= 4 is 29.2 Å². The second-order valence-corrected chi connectivity index (χ2v) is 7.83. The van der Waals surface area contributed by atoms with E-state index in [2.05, 4.69) is 15.1 Å². The van der Waals surface area contributed by atoms with Gasteiger partial charge in [-0.2, -0.15) is 0 Å². The normalized spacial score (nSPS) is 14.1. The zero-order chi connectivity index (χ0) is 24.0. The average molecular weight is 457 g/mol. The number of carbonyl (C=O) groups excluding carboxylic acids is 2. The highest BCUT2D eigenvalue weighted by atomic mass is 19.1. The van der Waals surface area contributed by atoms with Gasteiger partial charge in [0, 0.05) is 44.8 Å². The number of hydrogen-bond acceptors (Lipinski definition) is 5. The highest BCUT2D eigenvalue weighted by Crippen LogP contribution is 2.29. The number of anilines is 2. The van der Waals surface area contributed by atoms with E-state index in [0.29, 0.717) is 57.2 Å². The standard InChI is InChI=1S/C24H29FN4O4/c1-3-28(4-2)22(30)16-27-11-13-29(14-12-27)21-10-7-18(24(32)33)15-20(21)26-23(31)17-5-8-19(25)9-6-17/h5-10,15H,3-4,11-14,16H2,1-2H3,(H,26,31)(H,32,33). The summed E-state index contributed by atoms with van der Waals surface area (Å²) in [4.78, 5) is 42.5. The summed E-state index contributed by atoms with van der Waals surface area (Å²) in [6, 6.07) is 9.75. The number of benzene rings is 2. The number of amides is 2. The van der Waals surface area contributed by atoms with Crippen LogP contribution in [0.4, 0.5) is 15.8 Å². The summed E-state index contributed by atoms with van der Waals surface area (Å²) >= 11 is 0. The molecule has 1 aliphatic rings. The maximum atomic E-state index is 13.2. The highest BCUT2D eigenvalue weighted by Gasteiger charge is 2.23. The van der Waals surface area contributed by atoms with Gasteiger partial charge in [-0.25, -0.2) is 9.18 Å². The van der Waals surface area contributed by atoms with E-state index in [1.165, 1.54) is 36.4 Å². The van der Waals surface area contributed by atoms with Crippen LogP contribution in [0.2, 0.25) is 0 Å². The van der Waals surface area contributed by atoms with Crippen molar-refractivity contribution in [3.63, 3.8) is 0 Å². The molecule has 0 spiro atoms. The van der Waals surface area contributed by atoms with E-state index in [-0.39, 0.29) is 17.0 Å². The molecule has 1 aliphatic heterocycles. The molecular weight excluding hydrogens is 427 g/mol. The van der Waals surface area contributed by atoms with Crippen molar-refractivity contribution in [2.24, 2.45) is 0 Å². The molecule has 33 heavy (non-hydrogen) atoms. The minimum atomic E-state index is -1.10. The monoisotopic (exact) mass is 456 g/mol. The van der Waals surface area contributed by atoms with Gasteiger partial charge in [0.05, 0.1) is 23.5 Å². The van der Waals surface area contributed by atoms with Crippen molar-refractivity contribution in [1.29, 1.82) is 0 Å². The van der Waals surface area contributed by atoms with Gasteiger partial charge in [0.15, 0.2) is 0 Å². The van der Waals surface area contributed by atoms with Crippen LogP contribution in [0.15, 0.2) is 42.5 Å². The van der Waals surface area contributed by atoms with E-state index in [0.717, 1.165) is 0 Å². The predicted molar refractivity (Wildman–Crippen MR) is 124 cm³/mol. The predicted octanol–water partition coefficient (Wildman–Crippen LogP) is 2.77. The van der Waals surface area contributed by atoms with Crippen LogP contribution in [0.25, 0.3) is 0 Å². The fourth-order valence-electron chi connectivity index (χ4n) is 3.86. The van der Waals surface area contributed by atoms with Crippen LogP contribution in [-0.2, 0) is 4.79 Å². The number of carboxylic acids is 1. The van der Waals surface area contributed by atoms with Crippen molar-refractivity contribution in [1.82, 2.24) is 9.80 Å². The molecule has 8 nitrogen and oxygen atoms in total. The summed E-state index contributed by atoms with van der Waals surface area (Å²) in [7, 11) is 0. The first-order valence-corrected chi connectivity index (χ1v) is 11.0. The van der Waals surface area contributed by atoms with E-state index in [9.17, 15) is 23.9 Å². The van der Waals surface area contributed by atoms with Crippen molar-refractivity contribution < 1.29 is 23.9 Å². The van der Waals surface area contributed by atoms with Gasteiger partial charge in [0.2, 0.25) is 5.91 Å². The Morgan fingerprint density at radius 1 is 0.970 bits per heavy atom. The molecule has 0 aliphatic carbocycles. The molecule has 2 N–H and O–H groups in total. The average Bonchev–Trinajstić information content (AvgIpc) is 2.81. The fraction of sp³-hybridized carbons (Fsp3) is 0.375. The van der Waals surface area contributed by atoms with Gasteiger partial charge in [-0.1, -0.05) is 0 Å². The second-order valence-electron chi connectivity index (χ2n) is 7.83. The zero-order valence-corrected chi connectivity index (χ0v) is 18.9. The Bertz CT molecular complexity index is 1000. The first-order valence-electron chi connectivity index (χ1n) is 11.0. The summed E-state index contributed by atoms with van der Waals surface area (Å²) < 4.78 is 13.2. The van der Waals surface area contributed by atoms with Gasteiger partial charge >= 0.3 is 5.97 Å². The molecule has 0 saturated carbocycles. The largest absolute Gasteiger partial charge is 0.478 e. The molecule has 2 aromatic rings. The molecule has 1 saturated heterocycles. The Balaban J connectivity index is 1.73. The number of piperazine rings is 1. The van der Waals surface area contributed by atoms with Gasteiger partial charge < -0.3 is 20.2 Å². The third-order valence-corrected chi connectivity index (χ3v) is 5.79. The quantitative estimate of drug-likeness (QED) is 0.635. The molecule has 3 rings (SSSR count). The number of halogens is 1. The second kappa shape index (κ2) is 10.9. The van der Waals surface area contributed by atoms with E-state index in [4.69, 9.17) is 0 Å². The lowest BCUT2D eigenvalue weighted by Crippen LogP contribution is -2.50. The van der Waals surface area contributed by atoms with E-state index in [1.54, 1.807) is 11.0 Å². The highest BCUT2D eigenvalue weighted by molar-refractivity contribution is 6.06. The molecule has 0 radical (unpaired) electrons. The number of hydrogen-bond donors (Lipinski definition) is 2. The zero-order valence-electron chi connectivity index (χ0n) is 18.9. The van der Waals surface area contributed by atoms with Crippen LogP contribution >= 0.6 is 0 Å². The molecule has 0 bridgehead atoms. The smallest absolute Gasteiger partial charge is 0.335 e. The molecule has 0 atom stereocenters. The Morgan fingerprint density at radius 2 is 1.58 bits per heavy atom. The number of aromatic carboxylic acids is 1. The molecular formula is C24H29FN4O4. The molecule has 2 aromatic carbocycles. The third kappa shape index (κ3) is 6.07. The SMILES string of the molecule is CCN(CC)C(=O)CN1CCN(c2ccc(C(=O)O)cc2NC(=O)c2ccc(F)cc2)CC1. The van der Waals surface area contributed by atoms with Crippen molar-refractivity contribution in [2.75, 3.05) is 56.0 Å². The molecule has 1 heterocycles. The van der Waals surface area contributed by atoms with Crippen molar-refractivity contribution in [2.45, 2.75) is 13.8 Å². The van der Waals surface area contributed by atoms with Gasteiger partial charge in [0.1, 0.15) is 5.82 Å². The van der Waals surface area contributed by atoms with Crippen LogP contribution < -0.4 is 10.2 Å². The Kier molecular flexibility index (Phi) is 8.00. The number of carbonyl (C=O) groups is 3. The molecule has 176 valence electrons. The summed E-state index contributed by atoms with van der Waals surface area (Å²) in [5.41, 5.74) is 1.39. The molecule has 1 fully saturated rings. The van der Waals surface area contributed by atoms with Crippen LogP contribution in [0.3, 0.4) is 0 Å². The first-order chi connectivity index (χ1) is 15.8. The van der Waals surface area contributed by atoms with Crippen LogP contribution in [0, 0.1) is 5.82 Å². The third-order valence-electron chi connectivity index (χ3n) is 5.79. The minimum absolute atomic E-state index is 0.0524. The molecule has 0 aromatic heterocycles. The summed E-state index contributed by atoms with van der Waals surface area (Å²) in [6.45, 7) is 8.23. The maximum absolute atomic E-state index is 13.2. The molecule has 9 heteroatoms. The lowest BCUT2D eigenvalue weighted by molar-refractivity contribution is -0.132. The fourth-order valence-corrected chi connectivity index (χ4v) is 3.86. The van der Waals surface area contributed by atoms with E-state index in [1.807, 2.05) is 13.8 Å². The molecule has 2 amide bonds. The van der Waals surface area contributed by atoms with Gasteiger partial charge in [0.25, 0.3) is 5.91 Å². The topological polar surface area (TPSA) is 93.2 Å². The van der Waals surface area contributed by atoms with Crippen LogP contribution in [-0.4, -0.2) is 78.5 Å². The van der Waals surface area contributed by atoms with Gasteiger partial charge in [-0.3, -0.25) is 14.5 Å². The number of likely N-dealkylation sites (N-methyl/N-ethyl adjacent to an activating group) is 1. The summed E-state index contributed by atoms with van der Waals surface area (Å²) in [6.07, 6.45) is 0. The van der Waals surface area contributed by atoms with Crippen molar-refractivity contribution in [3.8, 4) is 0 Å². The van der Waals surface area contributed by atoms with E-state index >= 15 is 0 Å². The number of carboxylic acid groups (broad SMARTS) is 1. The number of nitrogens with one attached hydrogen (secondary N) is 1. The van der Waals surface area contributed by atoms with E-state index < -0.39 is 17.7 Å². The van der Waals surface area contributed by atoms with Crippen LogP contribution in [0.1, 0.15) is 34.6 Å². The number of nitrogens with zero attached hydrogens (tertiary/aromatic N) is 3. The maximum Gasteiger partial charge on any atom is 0.335 e.